The molecule has 0 aliphatic carbocycles. The highest BCUT2D eigenvalue weighted by molar-refractivity contribution is 6.89. The van der Waals surface area contributed by atoms with E-state index in [1.807, 2.05) is 19.6 Å². The zero-order valence-electron chi connectivity index (χ0n) is 8.74. The highest BCUT2D eigenvalue weighted by Crippen LogP contribution is 2.34. The van der Waals surface area contributed by atoms with Gasteiger partial charge >= 0.3 is 6.18 Å². The number of rotatable bonds is 1. The normalized spacial score (nSPS) is 13.0. The molecule has 0 bridgehead atoms. The Balaban J connectivity index is 3.48. The molecule has 0 aromatic heterocycles. The van der Waals surface area contributed by atoms with Gasteiger partial charge in [-0.25, -0.2) is 0 Å². The molecule has 0 aliphatic rings. The first-order chi connectivity index (χ1) is 6.64. The van der Waals surface area contributed by atoms with Crippen molar-refractivity contribution in [3.8, 4) is 0 Å². The van der Waals surface area contributed by atoms with Crippen LogP contribution in [0.5, 0.6) is 0 Å². The Morgan fingerprint density at radius 3 is 2.00 bits per heavy atom. The van der Waals surface area contributed by atoms with E-state index in [1.165, 1.54) is 12.1 Å². The third-order valence-corrected chi connectivity index (χ3v) is 4.45. The molecule has 0 fully saturated rings. The zero-order valence-corrected chi connectivity index (χ0v) is 10.5. The summed E-state index contributed by atoms with van der Waals surface area (Å²) in [5.41, 5.74) is -0.661. The number of halogens is 4. The molecule has 0 atom stereocenters. The molecule has 0 radical (unpaired) electrons. The van der Waals surface area contributed by atoms with E-state index in [4.69, 9.17) is 11.6 Å². The standard InChI is InChI=1S/C10H12ClF3Si/c1-15(2,3)8-6-4-5-7(11)9(8)10(12,13)14/h4-6H,1-3H3. The summed E-state index contributed by atoms with van der Waals surface area (Å²) in [5, 5.41) is 0.157. The Hall–Kier alpha value is -0.483. The minimum absolute atomic E-state index is 0.206. The smallest absolute Gasteiger partial charge is 0.166 e. The van der Waals surface area contributed by atoms with Gasteiger partial charge in [-0.2, -0.15) is 13.2 Å². The lowest BCUT2D eigenvalue weighted by Crippen LogP contribution is -2.42. The molecule has 0 nitrogen and oxygen atoms in total. The van der Waals surface area contributed by atoms with E-state index in [1.54, 1.807) is 6.07 Å². The third-order valence-electron chi connectivity index (χ3n) is 2.11. The molecular formula is C10H12ClF3Si. The van der Waals surface area contributed by atoms with Crippen LogP contribution >= 0.6 is 11.6 Å². The Morgan fingerprint density at radius 2 is 1.67 bits per heavy atom. The molecule has 0 spiro atoms. The van der Waals surface area contributed by atoms with E-state index >= 15 is 0 Å². The molecule has 0 N–H and O–H groups in total. The molecule has 0 aliphatic heterocycles. The predicted molar refractivity (Wildman–Crippen MR) is 59.4 cm³/mol. The fourth-order valence-corrected chi connectivity index (χ4v) is 3.42. The maximum absolute atomic E-state index is 12.8. The molecule has 0 heterocycles. The van der Waals surface area contributed by atoms with Gasteiger partial charge in [-0.1, -0.05) is 43.4 Å². The average Bonchev–Trinajstić information content (AvgIpc) is 1.99. The minimum Gasteiger partial charge on any atom is -0.166 e. The lowest BCUT2D eigenvalue weighted by atomic mass is 10.2. The van der Waals surface area contributed by atoms with Crippen molar-refractivity contribution in [1.29, 1.82) is 0 Å². The second-order valence-electron chi connectivity index (χ2n) is 4.41. The number of hydrogen-bond acceptors (Lipinski definition) is 0. The quantitative estimate of drug-likeness (QED) is 0.665. The van der Waals surface area contributed by atoms with Gasteiger partial charge in [0, 0.05) is 0 Å². The van der Waals surface area contributed by atoms with Crippen molar-refractivity contribution in [3.63, 3.8) is 0 Å². The molecule has 0 saturated heterocycles. The fraction of sp³-hybridized carbons (Fsp3) is 0.400. The molecular weight excluding hydrogens is 241 g/mol. The van der Waals surface area contributed by atoms with Crippen molar-refractivity contribution < 1.29 is 13.2 Å². The van der Waals surface area contributed by atoms with Gasteiger partial charge in [0.2, 0.25) is 0 Å². The van der Waals surface area contributed by atoms with Crippen molar-refractivity contribution in [2.75, 3.05) is 0 Å². The summed E-state index contributed by atoms with van der Waals surface area (Å²) >= 11 is 5.62. The van der Waals surface area contributed by atoms with Crippen molar-refractivity contribution >= 4 is 24.9 Å². The second kappa shape index (κ2) is 3.83. The first-order valence-electron chi connectivity index (χ1n) is 4.50. The van der Waals surface area contributed by atoms with Gasteiger partial charge in [0.25, 0.3) is 0 Å². The lowest BCUT2D eigenvalue weighted by molar-refractivity contribution is -0.136. The summed E-state index contributed by atoms with van der Waals surface area (Å²) in [5.74, 6) is 0. The SMILES string of the molecule is C[Si](C)(C)c1cccc(Cl)c1C(F)(F)F. The van der Waals surface area contributed by atoms with E-state index in [0.29, 0.717) is 5.19 Å². The minimum atomic E-state index is -4.37. The summed E-state index contributed by atoms with van der Waals surface area (Å²) in [4.78, 5) is 0. The highest BCUT2D eigenvalue weighted by Gasteiger charge is 2.38. The number of alkyl halides is 3. The molecule has 84 valence electrons. The number of benzene rings is 1. The van der Waals surface area contributed by atoms with E-state index in [0.717, 1.165) is 0 Å². The second-order valence-corrected chi connectivity index (χ2v) is 9.86. The molecule has 0 unspecified atom stereocenters. The van der Waals surface area contributed by atoms with Crippen LogP contribution in [0.1, 0.15) is 5.56 Å². The average molecular weight is 253 g/mol. The molecule has 1 aromatic carbocycles. The van der Waals surface area contributed by atoms with E-state index < -0.39 is 19.8 Å². The molecule has 1 aromatic rings. The number of hydrogen-bond donors (Lipinski definition) is 0. The Labute approximate surface area is 93.1 Å². The Kier molecular flexibility index (Phi) is 3.21. The van der Waals surface area contributed by atoms with Crippen LogP contribution in [0.4, 0.5) is 13.2 Å². The van der Waals surface area contributed by atoms with Gasteiger partial charge in [0.05, 0.1) is 18.7 Å². The zero-order chi connectivity index (χ0) is 11.9. The Morgan fingerprint density at radius 1 is 1.13 bits per heavy atom. The van der Waals surface area contributed by atoms with Crippen molar-refractivity contribution in [3.05, 3.63) is 28.8 Å². The fourth-order valence-electron chi connectivity index (χ4n) is 1.44. The largest absolute Gasteiger partial charge is 0.417 e. The monoisotopic (exact) mass is 252 g/mol. The molecule has 0 saturated carbocycles. The topological polar surface area (TPSA) is 0 Å². The van der Waals surface area contributed by atoms with Crippen LogP contribution < -0.4 is 5.19 Å². The molecule has 1 rings (SSSR count). The van der Waals surface area contributed by atoms with Crippen LogP contribution in [-0.2, 0) is 6.18 Å². The Bertz CT molecular complexity index is 366. The van der Waals surface area contributed by atoms with Crippen LogP contribution in [0.25, 0.3) is 0 Å². The first kappa shape index (κ1) is 12.6. The van der Waals surface area contributed by atoms with Gasteiger partial charge in [0.15, 0.2) is 0 Å². The summed E-state index contributed by atoms with van der Waals surface area (Å²) in [6, 6.07) is 4.39. The van der Waals surface area contributed by atoms with Crippen LogP contribution in [0.3, 0.4) is 0 Å². The summed E-state index contributed by atoms with van der Waals surface area (Å²) in [7, 11) is -2.02. The maximum atomic E-state index is 12.8. The van der Waals surface area contributed by atoms with Crippen LogP contribution in [0, 0.1) is 0 Å². The predicted octanol–water partition coefficient (Wildman–Crippen LogP) is 3.90. The van der Waals surface area contributed by atoms with Crippen LogP contribution in [0.15, 0.2) is 18.2 Å². The first-order valence-corrected chi connectivity index (χ1v) is 8.38. The maximum Gasteiger partial charge on any atom is 0.417 e. The summed E-state index contributed by atoms with van der Waals surface area (Å²) < 4.78 is 38.3. The van der Waals surface area contributed by atoms with E-state index in [2.05, 4.69) is 0 Å². The van der Waals surface area contributed by atoms with Gasteiger partial charge in [-0.15, -0.1) is 0 Å². The molecule has 15 heavy (non-hydrogen) atoms. The third kappa shape index (κ3) is 2.75. The van der Waals surface area contributed by atoms with Crippen LogP contribution in [0.2, 0.25) is 24.7 Å². The molecule has 0 amide bonds. The summed E-state index contributed by atoms with van der Waals surface area (Å²) in [6.07, 6.45) is -4.37. The van der Waals surface area contributed by atoms with Crippen molar-refractivity contribution in [1.82, 2.24) is 0 Å². The summed E-state index contributed by atoms with van der Waals surface area (Å²) in [6.45, 7) is 5.61. The van der Waals surface area contributed by atoms with E-state index in [9.17, 15) is 13.2 Å². The van der Waals surface area contributed by atoms with Gasteiger partial charge in [-0.05, 0) is 11.3 Å². The van der Waals surface area contributed by atoms with Crippen molar-refractivity contribution in [2.24, 2.45) is 0 Å². The van der Waals surface area contributed by atoms with Crippen molar-refractivity contribution in [2.45, 2.75) is 25.8 Å². The lowest BCUT2D eigenvalue weighted by Gasteiger charge is -2.23. The van der Waals surface area contributed by atoms with Gasteiger partial charge in [-0.3, -0.25) is 0 Å². The van der Waals surface area contributed by atoms with Gasteiger partial charge in [0.1, 0.15) is 0 Å². The van der Waals surface area contributed by atoms with Crippen LogP contribution in [-0.4, -0.2) is 8.07 Å². The van der Waals surface area contributed by atoms with E-state index in [-0.39, 0.29) is 5.02 Å². The highest BCUT2D eigenvalue weighted by atomic mass is 35.5. The van der Waals surface area contributed by atoms with Gasteiger partial charge < -0.3 is 0 Å². The molecule has 5 heteroatoms.